The molecule has 114 valence electrons. The Labute approximate surface area is 122 Å². The molecule has 1 rings (SSSR count). The SMILES string of the molecule is CCCC(C)(C)NC(=O)c1cc(C(=O)O)cc([N+](=O)[O-])c1. The number of carboxylic acids is 1. The fraction of sp³-hybridized carbons (Fsp3) is 0.429. The number of nitro benzene ring substituents is 1. The van der Waals surface area contributed by atoms with Gasteiger partial charge in [-0.25, -0.2) is 4.79 Å². The predicted molar refractivity (Wildman–Crippen MR) is 76.5 cm³/mol. The van der Waals surface area contributed by atoms with E-state index in [1.165, 1.54) is 0 Å². The fourth-order valence-corrected chi connectivity index (χ4v) is 2.04. The van der Waals surface area contributed by atoms with E-state index in [0.29, 0.717) is 0 Å². The smallest absolute Gasteiger partial charge is 0.335 e. The maximum atomic E-state index is 12.2. The largest absolute Gasteiger partial charge is 0.478 e. The van der Waals surface area contributed by atoms with Crippen LogP contribution in [0, 0.1) is 10.1 Å². The lowest BCUT2D eigenvalue weighted by atomic mass is 9.98. The molecule has 0 heterocycles. The van der Waals surface area contributed by atoms with Crippen molar-refractivity contribution >= 4 is 17.6 Å². The number of hydrogen-bond donors (Lipinski definition) is 2. The van der Waals surface area contributed by atoms with Gasteiger partial charge in [0.05, 0.1) is 10.5 Å². The van der Waals surface area contributed by atoms with E-state index in [-0.39, 0.29) is 11.1 Å². The highest BCUT2D eigenvalue weighted by atomic mass is 16.6. The van der Waals surface area contributed by atoms with Crippen molar-refractivity contribution in [1.29, 1.82) is 0 Å². The van der Waals surface area contributed by atoms with Crippen molar-refractivity contribution in [3.63, 3.8) is 0 Å². The van der Waals surface area contributed by atoms with E-state index in [1.807, 2.05) is 20.8 Å². The molecule has 0 aliphatic rings. The predicted octanol–water partition coefficient (Wildman–Crippen LogP) is 2.60. The van der Waals surface area contributed by atoms with E-state index in [1.54, 1.807) is 0 Å². The zero-order valence-electron chi connectivity index (χ0n) is 12.2. The van der Waals surface area contributed by atoms with Gasteiger partial charge in [0.2, 0.25) is 0 Å². The zero-order chi connectivity index (χ0) is 16.2. The minimum Gasteiger partial charge on any atom is -0.478 e. The molecule has 0 aliphatic heterocycles. The standard InChI is InChI=1S/C14H18N2O5/c1-4-5-14(2,3)15-12(17)9-6-10(13(18)19)8-11(7-9)16(20)21/h6-8H,4-5H2,1-3H3,(H,15,17)(H,18,19). The van der Waals surface area contributed by atoms with Gasteiger partial charge in [0.1, 0.15) is 0 Å². The summed E-state index contributed by atoms with van der Waals surface area (Å²) >= 11 is 0. The molecule has 0 unspecified atom stereocenters. The molecule has 1 aromatic rings. The summed E-state index contributed by atoms with van der Waals surface area (Å²) in [6.07, 6.45) is 1.60. The molecule has 0 aliphatic carbocycles. The Hall–Kier alpha value is -2.44. The quantitative estimate of drug-likeness (QED) is 0.619. The highest BCUT2D eigenvalue weighted by Gasteiger charge is 2.23. The van der Waals surface area contributed by atoms with Gasteiger partial charge in [-0.05, 0) is 26.3 Å². The summed E-state index contributed by atoms with van der Waals surface area (Å²) in [5.41, 5.74) is -1.22. The van der Waals surface area contributed by atoms with Gasteiger partial charge in [0.15, 0.2) is 0 Å². The van der Waals surface area contributed by atoms with Crippen LogP contribution in [0.25, 0.3) is 0 Å². The monoisotopic (exact) mass is 294 g/mol. The lowest BCUT2D eigenvalue weighted by Crippen LogP contribution is -2.43. The summed E-state index contributed by atoms with van der Waals surface area (Å²) in [6.45, 7) is 5.65. The molecule has 0 saturated heterocycles. The van der Waals surface area contributed by atoms with Gasteiger partial charge >= 0.3 is 5.97 Å². The molecule has 21 heavy (non-hydrogen) atoms. The van der Waals surface area contributed by atoms with Gasteiger partial charge in [-0.1, -0.05) is 13.3 Å². The maximum Gasteiger partial charge on any atom is 0.335 e. The van der Waals surface area contributed by atoms with Gasteiger partial charge in [-0.3, -0.25) is 14.9 Å². The van der Waals surface area contributed by atoms with E-state index in [4.69, 9.17) is 5.11 Å². The number of amides is 1. The van der Waals surface area contributed by atoms with Crippen molar-refractivity contribution < 1.29 is 19.6 Å². The number of benzene rings is 1. The van der Waals surface area contributed by atoms with E-state index >= 15 is 0 Å². The van der Waals surface area contributed by atoms with E-state index < -0.39 is 28.0 Å². The first-order valence-corrected chi connectivity index (χ1v) is 6.51. The van der Waals surface area contributed by atoms with Crippen LogP contribution in [0.3, 0.4) is 0 Å². The maximum absolute atomic E-state index is 12.2. The zero-order valence-corrected chi connectivity index (χ0v) is 12.2. The number of hydrogen-bond acceptors (Lipinski definition) is 4. The van der Waals surface area contributed by atoms with E-state index in [2.05, 4.69) is 5.32 Å². The summed E-state index contributed by atoms with van der Waals surface area (Å²) in [5, 5.41) is 22.5. The molecule has 0 fully saturated rings. The lowest BCUT2D eigenvalue weighted by Gasteiger charge is -2.25. The molecule has 0 aromatic heterocycles. The Kier molecular flexibility index (Phi) is 5.02. The Balaban J connectivity index is 3.14. The van der Waals surface area contributed by atoms with E-state index in [9.17, 15) is 19.7 Å². The molecule has 2 N–H and O–H groups in total. The van der Waals surface area contributed by atoms with Crippen molar-refractivity contribution in [2.45, 2.75) is 39.2 Å². The van der Waals surface area contributed by atoms with Crippen molar-refractivity contribution in [1.82, 2.24) is 5.32 Å². The molecule has 7 heteroatoms. The van der Waals surface area contributed by atoms with Gasteiger partial charge in [-0.15, -0.1) is 0 Å². The molecule has 0 atom stereocenters. The lowest BCUT2D eigenvalue weighted by molar-refractivity contribution is -0.384. The highest BCUT2D eigenvalue weighted by Crippen LogP contribution is 2.19. The molecule has 0 radical (unpaired) electrons. The van der Waals surface area contributed by atoms with Crippen LogP contribution in [0.15, 0.2) is 18.2 Å². The molecular formula is C14H18N2O5. The number of nitrogens with one attached hydrogen (secondary N) is 1. The topological polar surface area (TPSA) is 110 Å². The number of rotatable bonds is 6. The number of carbonyl (C=O) groups excluding carboxylic acids is 1. The molecule has 0 spiro atoms. The first kappa shape index (κ1) is 16.6. The van der Waals surface area contributed by atoms with Crippen LogP contribution in [-0.4, -0.2) is 27.4 Å². The number of carboxylic acid groups (broad SMARTS) is 1. The molecule has 0 saturated carbocycles. The third-order valence-electron chi connectivity index (χ3n) is 2.96. The highest BCUT2D eigenvalue weighted by molar-refractivity contribution is 5.98. The summed E-state index contributed by atoms with van der Waals surface area (Å²) in [6, 6.07) is 3.13. The number of non-ortho nitro benzene ring substituents is 1. The summed E-state index contributed by atoms with van der Waals surface area (Å²) in [7, 11) is 0. The van der Waals surface area contributed by atoms with Gasteiger partial charge in [-0.2, -0.15) is 0 Å². The minimum absolute atomic E-state index is 0.0363. The van der Waals surface area contributed by atoms with Crippen molar-refractivity contribution in [2.75, 3.05) is 0 Å². The Morgan fingerprint density at radius 1 is 1.29 bits per heavy atom. The van der Waals surface area contributed by atoms with Crippen LogP contribution in [0.2, 0.25) is 0 Å². The number of aromatic carboxylic acids is 1. The molecule has 1 aromatic carbocycles. The van der Waals surface area contributed by atoms with Gasteiger partial charge < -0.3 is 10.4 Å². The Morgan fingerprint density at radius 2 is 1.86 bits per heavy atom. The third-order valence-corrected chi connectivity index (χ3v) is 2.96. The van der Waals surface area contributed by atoms with Crippen molar-refractivity contribution in [3.05, 3.63) is 39.4 Å². The third kappa shape index (κ3) is 4.55. The summed E-state index contributed by atoms with van der Waals surface area (Å²) in [4.78, 5) is 33.2. The normalized spacial score (nSPS) is 11.0. The van der Waals surface area contributed by atoms with E-state index in [0.717, 1.165) is 31.0 Å². The van der Waals surface area contributed by atoms with Crippen LogP contribution in [-0.2, 0) is 0 Å². The van der Waals surface area contributed by atoms with Crippen LogP contribution in [0.4, 0.5) is 5.69 Å². The van der Waals surface area contributed by atoms with Gasteiger partial charge in [0, 0.05) is 23.2 Å². The first-order valence-electron chi connectivity index (χ1n) is 6.51. The van der Waals surface area contributed by atoms with Gasteiger partial charge in [0.25, 0.3) is 11.6 Å². The first-order chi connectivity index (χ1) is 9.66. The Morgan fingerprint density at radius 3 is 2.33 bits per heavy atom. The molecule has 7 nitrogen and oxygen atoms in total. The average molecular weight is 294 g/mol. The average Bonchev–Trinajstić information content (AvgIpc) is 2.37. The second-order valence-electron chi connectivity index (χ2n) is 5.42. The number of nitro groups is 1. The van der Waals surface area contributed by atoms with Crippen LogP contribution < -0.4 is 5.32 Å². The number of nitrogens with zero attached hydrogens (tertiary/aromatic N) is 1. The Bertz CT molecular complexity index is 548. The van der Waals surface area contributed by atoms with Crippen molar-refractivity contribution in [3.8, 4) is 0 Å². The summed E-state index contributed by atoms with van der Waals surface area (Å²) in [5.74, 6) is -1.85. The second-order valence-corrected chi connectivity index (χ2v) is 5.42. The van der Waals surface area contributed by atoms with Crippen molar-refractivity contribution in [2.24, 2.45) is 0 Å². The molecule has 1 amide bonds. The van der Waals surface area contributed by atoms with Crippen LogP contribution >= 0.6 is 0 Å². The van der Waals surface area contributed by atoms with Crippen LogP contribution in [0.1, 0.15) is 54.3 Å². The fourth-order valence-electron chi connectivity index (χ4n) is 2.04. The second kappa shape index (κ2) is 6.34. The number of carbonyl (C=O) groups is 2. The van der Waals surface area contributed by atoms with Crippen LogP contribution in [0.5, 0.6) is 0 Å². The summed E-state index contributed by atoms with van der Waals surface area (Å²) < 4.78 is 0. The molecule has 0 bridgehead atoms. The minimum atomic E-state index is -1.32. The molecular weight excluding hydrogens is 276 g/mol.